The minimum atomic E-state index is -0.0622. The Hall–Kier alpha value is -1.22. The van der Waals surface area contributed by atoms with Crippen molar-refractivity contribution in [3.8, 4) is 0 Å². The second kappa shape index (κ2) is 67.6. The van der Waals surface area contributed by atoms with Crippen molar-refractivity contribution in [3.05, 3.63) is 12.7 Å². The maximum atomic E-state index is 5.87. The smallest absolute Gasteiger partial charge is 0.0781 e. The summed E-state index contributed by atoms with van der Waals surface area (Å²) in [6.45, 7) is 34.3. The number of methoxy groups -OCH3 is 1. The number of rotatable bonds is 71. The van der Waals surface area contributed by atoms with Gasteiger partial charge in [0.15, 0.2) is 0 Å². The molecule has 0 aliphatic carbocycles. The zero-order chi connectivity index (χ0) is 57.3. The van der Waals surface area contributed by atoms with E-state index in [1.807, 2.05) is 34.6 Å². The summed E-state index contributed by atoms with van der Waals surface area (Å²) < 4.78 is 133. The van der Waals surface area contributed by atoms with E-state index in [9.17, 15) is 0 Å². The molecule has 0 fully saturated rings. The summed E-state index contributed by atoms with van der Waals surface area (Å²) in [6.07, 6.45) is 1.59. The number of hydrogen-bond donors (Lipinski definition) is 0. The fourth-order valence-corrected chi connectivity index (χ4v) is 5.73. The van der Waals surface area contributed by atoms with Gasteiger partial charge in [-0.25, -0.2) is 0 Å². The standard InChI is InChI=1S/C55H110O24/c1-8-9-57-10-11-58-12-13-59-14-15-60-16-17-61-18-19-62-20-21-63-22-23-64-24-25-65-26-27-66-28-29-67-30-31-68-32-33-69-34-35-70-36-37-71-38-39-72-40-41-73-42-43-74-44-45-75-46-52(3)77-48-54(5)79-50-55(6)78-49-53(4)76-47-51(2)56-7/h8,51-55H,1,9-50H2,2-7H3. The van der Waals surface area contributed by atoms with Crippen molar-refractivity contribution in [3.63, 3.8) is 0 Å². The summed E-state index contributed by atoms with van der Waals surface area (Å²) in [7, 11) is 1.67. The first kappa shape index (κ1) is 77.8. The van der Waals surface area contributed by atoms with Crippen LogP contribution in [0.15, 0.2) is 12.7 Å². The topological polar surface area (TPSA) is 222 Å². The Balaban J connectivity index is 3.19. The highest BCUT2D eigenvalue weighted by atomic mass is 16.6. The lowest BCUT2D eigenvalue weighted by molar-refractivity contribution is -0.0985. The Bertz CT molecular complexity index is 1140. The minimum Gasteiger partial charge on any atom is -0.379 e. The van der Waals surface area contributed by atoms with E-state index in [4.69, 9.17) is 114 Å². The molecule has 24 nitrogen and oxygen atoms in total. The molecule has 0 aromatic rings. The molecule has 474 valence electrons. The Kier molecular flexibility index (Phi) is 66.5. The minimum absolute atomic E-state index is 0.0137. The highest BCUT2D eigenvalue weighted by molar-refractivity contribution is 4.63. The van der Waals surface area contributed by atoms with Crippen LogP contribution in [0, 0.1) is 0 Å². The highest BCUT2D eigenvalue weighted by Gasteiger charge is 2.13. The predicted octanol–water partition coefficient (Wildman–Crippen LogP) is 3.14. The molecule has 0 aliphatic heterocycles. The van der Waals surface area contributed by atoms with Crippen LogP contribution in [-0.2, 0) is 114 Å². The van der Waals surface area contributed by atoms with E-state index < -0.39 is 0 Å². The lowest BCUT2D eigenvalue weighted by atomic mass is 10.3. The first-order valence-corrected chi connectivity index (χ1v) is 28.5. The van der Waals surface area contributed by atoms with Gasteiger partial charge in [0.1, 0.15) is 0 Å². The molecule has 0 aliphatic rings. The monoisotopic (exact) mass is 1150 g/mol. The molecule has 0 N–H and O–H groups in total. The third-order valence-electron chi connectivity index (χ3n) is 10.1. The van der Waals surface area contributed by atoms with Crippen LogP contribution in [-0.4, -0.2) is 315 Å². The van der Waals surface area contributed by atoms with Crippen molar-refractivity contribution in [2.45, 2.75) is 65.1 Å². The van der Waals surface area contributed by atoms with Gasteiger partial charge in [0, 0.05) is 7.11 Å². The van der Waals surface area contributed by atoms with Crippen LogP contribution in [0.25, 0.3) is 0 Å². The van der Waals surface area contributed by atoms with Crippen molar-refractivity contribution in [1.82, 2.24) is 0 Å². The van der Waals surface area contributed by atoms with Crippen molar-refractivity contribution in [2.24, 2.45) is 0 Å². The normalized spacial score (nSPS) is 13.8. The Labute approximate surface area is 474 Å². The maximum Gasteiger partial charge on any atom is 0.0781 e. The summed E-state index contributed by atoms with van der Waals surface area (Å²) >= 11 is 0. The third-order valence-corrected chi connectivity index (χ3v) is 10.1. The summed E-state index contributed by atoms with van der Waals surface area (Å²) in [5.74, 6) is 0. The van der Waals surface area contributed by atoms with E-state index >= 15 is 0 Å². The van der Waals surface area contributed by atoms with Gasteiger partial charge < -0.3 is 114 Å². The molecule has 0 amide bonds. The van der Waals surface area contributed by atoms with Crippen molar-refractivity contribution >= 4 is 0 Å². The molecule has 0 aromatic heterocycles. The van der Waals surface area contributed by atoms with E-state index in [-0.39, 0.29) is 30.5 Å². The summed E-state index contributed by atoms with van der Waals surface area (Å²) in [5.41, 5.74) is 0. The molecule has 0 rings (SSSR count). The number of ether oxygens (including phenoxy) is 24. The second-order valence-electron chi connectivity index (χ2n) is 17.5. The Morgan fingerprint density at radius 3 is 0.544 bits per heavy atom. The molecule has 0 spiro atoms. The SMILES string of the molecule is C=CCOCCOCCOCCOCCOCCOCCOCCOCCOCCOCCOCCOCCOCCOCCOCCOCCOCCOCCOCC(C)OCC(C)OCC(C)OCC(C)OCC(C)OC. The van der Waals surface area contributed by atoms with E-state index in [1.54, 1.807) is 13.2 Å². The first-order valence-electron chi connectivity index (χ1n) is 28.5. The average molecular weight is 1160 g/mol. The van der Waals surface area contributed by atoms with E-state index in [0.29, 0.717) is 277 Å². The molecule has 5 unspecified atom stereocenters. The van der Waals surface area contributed by atoms with Crippen LogP contribution >= 0.6 is 0 Å². The predicted molar refractivity (Wildman–Crippen MR) is 294 cm³/mol. The van der Waals surface area contributed by atoms with Gasteiger partial charge in [-0.2, -0.15) is 0 Å². The fourth-order valence-electron chi connectivity index (χ4n) is 5.73. The molecule has 0 aromatic carbocycles. The average Bonchev–Trinajstić information content (AvgIpc) is 3.45. The van der Waals surface area contributed by atoms with Gasteiger partial charge >= 0.3 is 0 Å². The molecule has 5 atom stereocenters. The van der Waals surface area contributed by atoms with Gasteiger partial charge in [-0.1, -0.05) is 6.08 Å². The zero-order valence-corrected chi connectivity index (χ0v) is 49.7. The number of hydrogen-bond acceptors (Lipinski definition) is 24. The summed E-state index contributed by atoms with van der Waals surface area (Å²) in [4.78, 5) is 0. The van der Waals surface area contributed by atoms with Gasteiger partial charge in [-0.05, 0) is 34.6 Å². The molecule has 0 bridgehead atoms. The van der Waals surface area contributed by atoms with Gasteiger partial charge in [0.25, 0.3) is 0 Å². The van der Waals surface area contributed by atoms with E-state index in [0.717, 1.165) is 0 Å². The lowest BCUT2D eigenvalue weighted by Gasteiger charge is -2.21. The summed E-state index contributed by atoms with van der Waals surface area (Å²) in [5, 5.41) is 0. The molecule has 0 saturated carbocycles. The van der Waals surface area contributed by atoms with E-state index in [2.05, 4.69) is 6.58 Å². The van der Waals surface area contributed by atoms with Crippen LogP contribution in [0.5, 0.6) is 0 Å². The first-order chi connectivity index (χ1) is 38.9. The molecular formula is C55H110O24. The fraction of sp³-hybridized carbons (Fsp3) is 0.964. The maximum absolute atomic E-state index is 5.87. The van der Waals surface area contributed by atoms with Crippen LogP contribution in [0.1, 0.15) is 34.6 Å². The highest BCUT2D eigenvalue weighted by Crippen LogP contribution is 2.04. The van der Waals surface area contributed by atoms with Crippen molar-refractivity contribution in [1.29, 1.82) is 0 Å². The molecule has 24 heteroatoms. The van der Waals surface area contributed by atoms with Crippen molar-refractivity contribution in [2.75, 3.05) is 285 Å². The lowest BCUT2D eigenvalue weighted by Crippen LogP contribution is -2.29. The van der Waals surface area contributed by atoms with Gasteiger partial charge in [-0.3, -0.25) is 0 Å². The summed E-state index contributed by atoms with van der Waals surface area (Å²) in [6, 6.07) is 0. The van der Waals surface area contributed by atoms with E-state index in [1.165, 1.54) is 0 Å². The molecule has 0 saturated heterocycles. The second-order valence-corrected chi connectivity index (χ2v) is 17.5. The largest absolute Gasteiger partial charge is 0.379 e. The molecule has 79 heavy (non-hydrogen) atoms. The van der Waals surface area contributed by atoms with Crippen LogP contribution in [0.3, 0.4) is 0 Å². The zero-order valence-electron chi connectivity index (χ0n) is 49.7. The van der Waals surface area contributed by atoms with Gasteiger partial charge in [0.2, 0.25) is 0 Å². The van der Waals surface area contributed by atoms with Crippen LogP contribution in [0.2, 0.25) is 0 Å². The molecular weight excluding hydrogens is 1040 g/mol. The Morgan fingerprint density at radius 2 is 0.367 bits per heavy atom. The molecule has 0 heterocycles. The Morgan fingerprint density at radius 1 is 0.215 bits per heavy atom. The quantitative estimate of drug-likeness (QED) is 0.0631. The molecule has 0 radical (unpaired) electrons. The third kappa shape index (κ3) is 67.5. The van der Waals surface area contributed by atoms with Gasteiger partial charge in [0.05, 0.1) is 308 Å². The van der Waals surface area contributed by atoms with Crippen molar-refractivity contribution < 1.29 is 114 Å². The van der Waals surface area contributed by atoms with Crippen LogP contribution < -0.4 is 0 Å². The van der Waals surface area contributed by atoms with Crippen LogP contribution in [0.4, 0.5) is 0 Å². The van der Waals surface area contributed by atoms with Gasteiger partial charge in [-0.15, -0.1) is 6.58 Å².